The number of nitrogens with one attached hydrogen (secondary N) is 2. The number of aromatic nitrogens is 2. The van der Waals surface area contributed by atoms with Gasteiger partial charge >= 0.3 is 5.69 Å². The summed E-state index contributed by atoms with van der Waals surface area (Å²) in [6.45, 7) is -0.336. The first-order chi connectivity index (χ1) is 14.4. The van der Waals surface area contributed by atoms with Crippen molar-refractivity contribution in [1.29, 1.82) is 0 Å². The van der Waals surface area contributed by atoms with Crippen molar-refractivity contribution in [3.63, 3.8) is 0 Å². The van der Waals surface area contributed by atoms with E-state index in [2.05, 4.69) is 10.3 Å². The second-order valence-corrected chi connectivity index (χ2v) is 8.53. The van der Waals surface area contributed by atoms with Crippen LogP contribution < -0.4 is 16.6 Å². The van der Waals surface area contributed by atoms with Gasteiger partial charge in [0.15, 0.2) is 5.78 Å². The zero-order chi connectivity index (χ0) is 21.3. The summed E-state index contributed by atoms with van der Waals surface area (Å²) in [7, 11) is 0. The standard InChI is InChI=1S/C21H18ClN3O4S/c22-14-10-25(21(29)24-19(14)28)11-16(26)23-20-17(13-8-4-5-9-15(13)30-20)18(27)12-6-2-1-3-7-12/h1-3,6-7,10H,4-5,8-9,11H2,(H,23,26)(H,24,28,29). The number of carbonyl (C=O) groups excluding carboxylic acids is 2. The number of rotatable bonds is 5. The quantitative estimate of drug-likeness (QED) is 0.592. The van der Waals surface area contributed by atoms with Gasteiger partial charge in [0.1, 0.15) is 16.6 Å². The van der Waals surface area contributed by atoms with Crippen molar-refractivity contribution in [2.45, 2.75) is 32.2 Å². The van der Waals surface area contributed by atoms with Gasteiger partial charge < -0.3 is 5.32 Å². The average Bonchev–Trinajstić information content (AvgIpc) is 3.09. The van der Waals surface area contributed by atoms with Crippen molar-refractivity contribution < 1.29 is 9.59 Å². The molecule has 0 atom stereocenters. The number of aryl methyl sites for hydroxylation is 1. The normalized spacial score (nSPS) is 13.0. The van der Waals surface area contributed by atoms with Gasteiger partial charge in [-0.05, 0) is 31.2 Å². The molecule has 1 amide bonds. The van der Waals surface area contributed by atoms with E-state index < -0.39 is 17.2 Å². The Kier molecular flexibility index (Phi) is 5.69. The van der Waals surface area contributed by atoms with E-state index in [4.69, 9.17) is 11.6 Å². The molecule has 154 valence electrons. The fraction of sp³-hybridized carbons (Fsp3) is 0.238. The van der Waals surface area contributed by atoms with Gasteiger partial charge in [-0.25, -0.2) is 4.79 Å². The molecule has 0 fully saturated rings. The van der Waals surface area contributed by atoms with E-state index in [9.17, 15) is 19.2 Å². The van der Waals surface area contributed by atoms with E-state index >= 15 is 0 Å². The molecule has 0 radical (unpaired) electrons. The molecule has 0 aliphatic heterocycles. The molecule has 0 saturated heterocycles. The summed E-state index contributed by atoms with van der Waals surface area (Å²) in [5.41, 5.74) is 0.647. The predicted molar refractivity (Wildman–Crippen MR) is 116 cm³/mol. The molecule has 4 rings (SSSR count). The number of nitrogens with zero attached hydrogens (tertiary/aromatic N) is 1. The first-order valence-corrected chi connectivity index (χ1v) is 10.7. The molecule has 1 aliphatic carbocycles. The maximum atomic E-state index is 13.2. The Bertz CT molecular complexity index is 1240. The monoisotopic (exact) mass is 443 g/mol. The molecular formula is C21H18ClN3O4S. The van der Waals surface area contributed by atoms with Crippen molar-refractivity contribution in [3.05, 3.63) is 84.0 Å². The Morgan fingerprint density at radius 2 is 1.87 bits per heavy atom. The van der Waals surface area contributed by atoms with Crippen LogP contribution in [0.2, 0.25) is 5.02 Å². The van der Waals surface area contributed by atoms with Crippen molar-refractivity contribution >= 4 is 39.6 Å². The van der Waals surface area contributed by atoms with Crippen LogP contribution in [0.5, 0.6) is 0 Å². The van der Waals surface area contributed by atoms with Gasteiger partial charge in [0.05, 0.1) is 5.56 Å². The number of carbonyl (C=O) groups is 2. The number of amides is 1. The summed E-state index contributed by atoms with van der Waals surface area (Å²) in [5.74, 6) is -0.615. The third kappa shape index (κ3) is 4.01. The molecule has 2 aromatic heterocycles. The molecule has 0 unspecified atom stereocenters. The molecule has 9 heteroatoms. The van der Waals surface area contributed by atoms with Gasteiger partial charge in [0.25, 0.3) is 5.56 Å². The van der Waals surface area contributed by atoms with Crippen LogP contribution >= 0.6 is 22.9 Å². The molecule has 1 aliphatic rings. The van der Waals surface area contributed by atoms with Crippen LogP contribution in [-0.4, -0.2) is 21.2 Å². The second kappa shape index (κ2) is 8.41. The second-order valence-electron chi connectivity index (χ2n) is 7.02. The summed E-state index contributed by atoms with van der Waals surface area (Å²) in [6.07, 6.45) is 4.84. The molecule has 0 bridgehead atoms. The molecule has 2 heterocycles. The van der Waals surface area contributed by atoms with Crippen molar-refractivity contribution in [1.82, 2.24) is 9.55 Å². The topological polar surface area (TPSA) is 101 Å². The Morgan fingerprint density at radius 3 is 2.63 bits per heavy atom. The van der Waals surface area contributed by atoms with E-state index in [1.807, 2.05) is 6.07 Å². The lowest BCUT2D eigenvalue weighted by atomic mass is 9.92. The Morgan fingerprint density at radius 1 is 1.13 bits per heavy atom. The molecule has 3 aromatic rings. The van der Waals surface area contributed by atoms with E-state index in [1.165, 1.54) is 11.3 Å². The fourth-order valence-corrected chi connectivity index (χ4v) is 5.02. The lowest BCUT2D eigenvalue weighted by Crippen LogP contribution is -2.33. The summed E-state index contributed by atoms with van der Waals surface area (Å²) < 4.78 is 1.02. The summed E-state index contributed by atoms with van der Waals surface area (Å²) in [4.78, 5) is 52.3. The van der Waals surface area contributed by atoms with Gasteiger partial charge in [0.2, 0.25) is 5.91 Å². The first-order valence-electron chi connectivity index (χ1n) is 9.47. The Balaban J connectivity index is 1.66. The SMILES string of the molecule is O=C(Cn1cc(Cl)c(=O)[nH]c1=O)Nc1sc2c(c1C(=O)c1ccccc1)CCCC2. The fourth-order valence-electron chi connectivity index (χ4n) is 3.55. The van der Waals surface area contributed by atoms with E-state index in [0.717, 1.165) is 46.9 Å². The van der Waals surface area contributed by atoms with E-state index in [-0.39, 0.29) is 17.4 Å². The lowest BCUT2D eigenvalue weighted by Gasteiger charge is -2.13. The zero-order valence-electron chi connectivity index (χ0n) is 15.9. The number of H-pyrrole nitrogens is 1. The predicted octanol–water partition coefficient (Wildman–Crippen LogP) is 3.00. The maximum absolute atomic E-state index is 13.2. The van der Waals surface area contributed by atoms with Crippen molar-refractivity contribution in [2.75, 3.05) is 5.32 Å². The summed E-state index contributed by atoms with van der Waals surface area (Å²) in [6, 6.07) is 8.95. The summed E-state index contributed by atoms with van der Waals surface area (Å²) >= 11 is 7.16. The minimum atomic E-state index is -0.731. The van der Waals surface area contributed by atoms with Gasteiger partial charge in [-0.1, -0.05) is 41.9 Å². The van der Waals surface area contributed by atoms with Crippen LogP contribution in [-0.2, 0) is 24.2 Å². The lowest BCUT2D eigenvalue weighted by molar-refractivity contribution is -0.116. The molecule has 0 saturated carbocycles. The number of aromatic amines is 1. The van der Waals surface area contributed by atoms with Crippen LogP contribution in [0.4, 0.5) is 5.00 Å². The molecule has 0 spiro atoms. The number of hydrogen-bond donors (Lipinski definition) is 2. The van der Waals surface area contributed by atoms with Crippen LogP contribution in [0, 0.1) is 0 Å². The summed E-state index contributed by atoms with van der Waals surface area (Å²) in [5, 5.41) is 3.10. The number of fused-ring (bicyclic) bond motifs is 1. The van der Waals surface area contributed by atoms with Crippen molar-refractivity contribution in [3.8, 4) is 0 Å². The average molecular weight is 444 g/mol. The number of anilines is 1. The molecule has 1 aromatic carbocycles. The molecular weight excluding hydrogens is 426 g/mol. The van der Waals surface area contributed by atoms with Gasteiger partial charge in [0, 0.05) is 16.6 Å². The van der Waals surface area contributed by atoms with Crippen molar-refractivity contribution in [2.24, 2.45) is 0 Å². The zero-order valence-corrected chi connectivity index (χ0v) is 17.4. The van der Waals surface area contributed by atoms with Crippen LogP contribution in [0.25, 0.3) is 0 Å². The number of halogens is 1. The number of hydrogen-bond acceptors (Lipinski definition) is 5. The number of benzene rings is 1. The van der Waals surface area contributed by atoms with Gasteiger partial charge in [-0.2, -0.15) is 0 Å². The maximum Gasteiger partial charge on any atom is 0.328 e. The van der Waals surface area contributed by atoms with Crippen LogP contribution in [0.3, 0.4) is 0 Å². The highest BCUT2D eigenvalue weighted by molar-refractivity contribution is 7.17. The largest absolute Gasteiger partial charge is 0.328 e. The highest BCUT2D eigenvalue weighted by Crippen LogP contribution is 2.39. The number of thiophene rings is 1. The van der Waals surface area contributed by atoms with Gasteiger partial charge in [-0.15, -0.1) is 11.3 Å². The van der Waals surface area contributed by atoms with Crippen LogP contribution in [0.15, 0.2) is 46.1 Å². The molecule has 7 nitrogen and oxygen atoms in total. The smallest absolute Gasteiger partial charge is 0.316 e. The minimum Gasteiger partial charge on any atom is -0.316 e. The van der Waals surface area contributed by atoms with E-state index in [1.54, 1.807) is 24.3 Å². The van der Waals surface area contributed by atoms with Gasteiger partial charge in [-0.3, -0.25) is 23.9 Å². The van der Waals surface area contributed by atoms with E-state index in [0.29, 0.717) is 16.1 Å². The molecule has 30 heavy (non-hydrogen) atoms. The first kappa shape index (κ1) is 20.3. The highest BCUT2D eigenvalue weighted by atomic mass is 35.5. The third-order valence-corrected chi connectivity index (χ3v) is 6.45. The Hall–Kier alpha value is -2.97. The number of ketones is 1. The van der Waals surface area contributed by atoms with Crippen LogP contribution in [0.1, 0.15) is 39.2 Å². The molecule has 2 N–H and O–H groups in total. The Labute approximate surface area is 180 Å². The highest BCUT2D eigenvalue weighted by Gasteiger charge is 2.27. The third-order valence-electron chi connectivity index (χ3n) is 4.97. The minimum absolute atomic E-state index is 0.130.